The van der Waals surface area contributed by atoms with Gasteiger partial charge in [0.25, 0.3) is 0 Å². The van der Waals surface area contributed by atoms with Gasteiger partial charge in [0.05, 0.1) is 5.52 Å². The van der Waals surface area contributed by atoms with Crippen molar-refractivity contribution in [1.82, 2.24) is 19.7 Å². The van der Waals surface area contributed by atoms with Gasteiger partial charge in [-0.1, -0.05) is 18.2 Å². The van der Waals surface area contributed by atoms with Gasteiger partial charge >= 0.3 is 0 Å². The van der Waals surface area contributed by atoms with Crippen LogP contribution in [0.2, 0.25) is 0 Å². The molecule has 0 aliphatic carbocycles. The molecule has 0 aliphatic heterocycles. The summed E-state index contributed by atoms with van der Waals surface area (Å²) in [5, 5.41) is 5.35. The lowest BCUT2D eigenvalue weighted by atomic mass is 10.1. The molecule has 3 aromatic rings. The van der Waals surface area contributed by atoms with Crippen molar-refractivity contribution in [2.45, 2.75) is 22.8 Å². The largest absolute Gasteiger partial charge is 0.316 e. The zero-order valence-electron chi connectivity index (χ0n) is 11.3. The SMILES string of the molecule is CNCc1cc2ccccc2nc1Sc1nc(C)ns1. The normalized spacial score (nSPS) is 11.1. The number of benzene rings is 1. The molecule has 4 nitrogen and oxygen atoms in total. The van der Waals surface area contributed by atoms with E-state index in [-0.39, 0.29) is 0 Å². The van der Waals surface area contributed by atoms with Crippen molar-refractivity contribution >= 4 is 34.2 Å². The Balaban J connectivity index is 2.04. The van der Waals surface area contributed by atoms with Crippen LogP contribution in [0.3, 0.4) is 0 Å². The number of aromatic nitrogens is 3. The Morgan fingerprint density at radius 2 is 2.10 bits per heavy atom. The molecule has 0 radical (unpaired) electrons. The van der Waals surface area contributed by atoms with E-state index < -0.39 is 0 Å². The number of nitrogens with one attached hydrogen (secondary N) is 1. The van der Waals surface area contributed by atoms with Crippen LogP contribution >= 0.6 is 23.3 Å². The molecule has 1 aromatic carbocycles. The first kappa shape index (κ1) is 13.5. The molecule has 0 aliphatic rings. The second kappa shape index (κ2) is 5.87. The topological polar surface area (TPSA) is 50.7 Å². The summed E-state index contributed by atoms with van der Waals surface area (Å²) in [6, 6.07) is 10.4. The molecule has 2 aromatic heterocycles. The van der Waals surface area contributed by atoms with E-state index in [2.05, 4.69) is 26.8 Å². The second-order valence-corrected chi connectivity index (χ2v) is 6.37. The van der Waals surface area contributed by atoms with Gasteiger partial charge in [-0.15, -0.1) is 0 Å². The van der Waals surface area contributed by atoms with Crippen molar-refractivity contribution in [2.24, 2.45) is 0 Å². The van der Waals surface area contributed by atoms with Gasteiger partial charge in [0, 0.05) is 11.9 Å². The molecule has 0 unspecified atom stereocenters. The molecule has 0 bridgehead atoms. The first-order chi connectivity index (χ1) is 9.76. The molecule has 3 rings (SSSR count). The fourth-order valence-corrected chi connectivity index (χ4v) is 3.62. The highest BCUT2D eigenvalue weighted by molar-refractivity contribution is 8.00. The van der Waals surface area contributed by atoms with Gasteiger partial charge in [0.15, 0.2) is 4.34 Å². The first-order valence-electron chi connectivity index (χ1n) is 6.27. The van der Waals surface area contributed by atoms with Gasteiger partial charge in [-0.25, -0.2) is 9.97 Å². The average molecular weight is 302 g/mol. The summed E-state index contributed by atoms with van der Waals surface area (Å²) in [7, 11) is 1.94. The first-order valence-corrected chi connectivity index (χ1v) is 7.86. The minimum atomic E-state index is 0.790. The summed E-state index contributed by atoms with van der Waals surface area (Å²) in [6.45, 7) is 2.70. The maximum absolute atomic E-state index is 4.76. The van der Waals surface area contributed by atoms with E-state index in [1.54, 1.807) is 11.8 Å². The second-order valence-electron chi connectivity index (χ2n) is 4.39. The van der Waals surface area contributed by atoms with Crippen LogP contribution in [0.25, 0.3) is 10.9 Å². The zero-order chi connectivity index (χ0) is 13.9. The average Bonchev–Trinajstić information content (AvgIpc) is 2.85. The minimum Gasteiger partial charge on any atom is -0.316 e. The zero-order valence-corrected chi connectivity index (χ0v) is 12.9. The molecule has 0 saturated heterocycles. The van der Waals surface area contributed by atoms with Gasteiger partial charge in [-0.2, -0.15) is 4.37 Å². The van der Waals surface area contributed by atoms with Gasteiger partial charge in [0.2, 0.25) is 0 Å². The van der Waals surface area contributed by atoms with Crippen LogP contribution in [0.15, 0.2) is 39.7 Å². The highest BCUT2D eigenvalue weighted by Crippen LogP contribution is 2.31. The summed E-state index contributed by atoms with van der Waals surface area (Å²) >= 11 is 3.00. The third-order valence-corrected chi connectivity index (χ3v) is 4.71. The molecular weight excluding hydrogens is 288 g/mol. The van der Waals surface area contributed by atoms with Crippen LogP contribution in [-0.4, -0.2) is 21.4 Å². The molecule has 0 atom stereocenters. The molecule has 0 amide bonds. The molecular formula is C14H14N4S2. The predicted octanol–water partition coefficient (Wildman–Crippen LogP) is 3.27. The lowest BCUT2D eigenvalue weighted by molar-refractivity contribution is 0.794. The Labute approximate surface area is 125 Å². The van der Waals surface area contributed by atoms with Crippen molar-refractivity contribution < 1.29 is 0 Å². The lowest BCUT2D eigenvalue weighted by Gasteiger charge is -2.08. The smallest absolute Gasteiger partial charge is 0.176 e. The molecule has 1 N–H and O–H groups in total. The van der Waals surface area contributed by atoms with E-state index in [1.807, 2.05) is 32.2 Å². The number of nitrogens with zero attached hydrogens (tertiary/aromatic N) is 3. The van der Waals surface area contributed by atoms with E-state index >= 15 is 0 Å². The summed E-state index contributed by atoms with van der Waals surface area (Å²) in [5.74, 6) is 0.813. The Morgan fingerprint density at radius 1 is 1.25 bits per heavy atom. The number of hydrogen-bond donors (Lipinski definition) is 1. The van der Waals surface area contributed by atoms with Gasteiger partial charge < -0.3 is 5.32 Å². The number of rotatable bonds is 4. The monoisotopic (exact) mass is 302 g/mol. The van der Waals surface area contributed by atoms with Crippen LogP contribution < -0.4 is 5.32 Å². The highest BCUT2D eigenvalue weighted by Gasteiger charge is 2.11. The van der Waals surface area contributed by atoms with Crippen LogP contribution in [-0.2, 0) is 6.54 Å². The van der Waals surface area contributed by atoms with E-state index in [1.165, 1.54) is 17.1 Å². The third-order valence-electron chi connectivity index (χ3n) is 2.82. The molecule has 102 valence electrons. The quantitative estimate of drug-likeness (QED) is 0.801. The Morgan fingerprint density at radius 3 is 2.85 bits per heavy atom. The summed E-state index contributed by atoms with van der Waals surface area (Å²) < 4.78 is 5.15. The van der Waals surface area contributed by atoms with E-state index in [9.17, 15) is 0 Å². The molecule has 0 spiro atoms. The number of aryl methyl sites for hydroxylation is 1. The van der Waals surface area contributed by atoms with Gasteiger partial charge in [-0.05, 0) is 55.0 Å². The Bertz CT molecular complexity index is 739. The standard InChI is InChI=1S/C14H14N4S2/c1-9-16-14(20-18-9)19-13-11(8-15-2)7-10-5-3-4-6-12(10)17-13/h3-7,15H,8H2,1-2H3. The number of pyridine rings is 1. The minimum absolute atomic E-state index is 0.790. The van der Waals surface area contributed by atoms with Gasteiger partial charge in [-0.3, -0.25) is 0 Å². The van der Waals surface area contributed by atoms with Crippen LogP contribution in [0, 0.1) is 6.92 Å². The lowest BCUT2D eigenvalue weighted by Crippen LogP contribution is -2.07. The molecule has 0 fully saturated rings. The van der Waals surface area contributed by atoms with E-state index in [0.717, 1.165) is 32.6 Å². The van der Waals surface area contributed by atoms with Crippen molar-refractivity contribution in [3.63, 3.8) is 0 Å². The third kappa shape index (κ3) is 2.82. The number of hydrogen-bond acceptors (Lipinski definition) is 6. The summed E-state index contributed by atoms with van der Waals surface area (Å²) in [4.78, 5) is 9.16. The fraction of sp³-hybridized carbons (Fsp3) is 0.214. The van der Waals surface area contributed by atoms with Crippen molar-refractivity contribution in [3.05, 3.63) is 41.7 Å². The van der Waals surface area contributed by atoms with Crippen LogP contribution in [0.4, 0.5) is 0 Å². The van der Waals surface area contributed by atoms with Crippen LogP contribution in [0.5, 0.6) is 0 Å². The fourth-order valence-electron chi connectivity index (χ4n) is 1.95. The molecule has 6 heteroatoms. The summed E-state index contributed by atoms with van der Waals surface area (Å²) in [5.41, 5.74) is 2.19. The maximum Gasteiger partial charge on any atom is 0.176 e. The Hall–Kier alpha value is -1.50. The molecule has 0 saturated carbocycles. The van der Waals surface area contributed by atoms with E-state index in [4.69, 9.17) is 4.98 Å². The van der Waals surface area contributed by atoms with Crippen molar-refractivity contribution in [3.8, 4) is 0 Å². The molecule has 2 heterocycles. The Kier molecular flexibility index (Phi) is 3.95. The number of para-hydroxylation sites is 1. The summed E-state index contributed by atoms with van der Waals surface area (Å²) in [6.07, 6.45) is 0. The maximum atomic E-state index is 4.76. The van der Waals surface area contributed by atoms with E-state index in [0.29, 0.717) is 0 Å². The highest BCUT2D eigenvalue weighted by atomic mass is 32.2. The van der Waals surface area contributed by atoms with Crippen molar-refractivity contribution in [2.75, 3.05) is 7.05 Å². The number of fused-ring (bicyclic) bond motifs is 1. The molecule has 20 heavy (non-hydrogen) atoms. The van der Waals surface area contributed by atoms with Crippen LogP contribution in [0.1, 0.15) is 11.4 Å². The van der Waals surface area contributed by atoms with Gasteiger partial charge in [0.1, 0.15) is 10.9 Å². The predicted molar refractivity (Wildman–Crippen MR) is 83.3 cm³/mol. The van der Waals surface area contributed by atoms with Crippen molar-refractivity contribution in [1.29, 1.82) is 0 Å².